The standard InChI is InChI=1S/C11H17N3O2/c1-3-16-11-6-10(12-7-13-11)14-8-4-9(5-8)15-2/h6-9H,3-5H2,1-2H3,(H,12,13,14). The molecule has 5 nitrogen and oxygen atoms in total. The van der Waals surface area contributed by atoms with Crippen LogP contribution in [0.15, 0.2) is 12.4 Å². The fourth-order valence-electron chi connectivity index (χ4n) is 1.73. The van der Waals surface area contributed by atoms with Crippen molar-refractivity contribution < 1.29 is 9.47 Å². The Morgan fingerprint density at radius 1 is 1.44 bits per heavy atom. The second-order valence-electron chi connectivity index (χ2n) is 3.84. The molecule has 0 unspecified atom stereocenters. The molecule has 1 aliphatic carbocycles. The number of methoxy groups -OCH3 is 1. The normalized spacial score (nSPS) is 23.6. The highest BCUT2D eigenvalue weighted by molar-refractivity contribution is 5.38. The Kier molecular flexibility index (Phi) is 3.56. The quantitative estimate of drug-likeness (QED) is 0.819. The Hall–Kier alpha value is -1.36. The van der Waals surface area contributed by atoms with Gasteiger partial charge < -0.3 is 14.8 Å². The molecule has 1 heterocycles. The number of nitrogens with one attached hydrogen (secondary N) is 1. The highest BCUT2D eigenvalue weighted by Gasteiger charge is 2.29. The molecule has 0 aromatic carbocycles. The fourth-order valence-corrected chi connectivity index (χ4v) is 1.73. The van der Waals surface area contributed by atoms with Crippen molar-refractivity contribution in [1.82, 2.24) is 9.97 Å². The molecule has 88 valence electrons. The van der Waals surface area contributed by atoms with Gasteiger partial charge in [-0.3, -0.25) is 0 Å². The lowest BCUT2D eigenvalue weighted by molar-refractivity contribution is 0.0328. The van der Waals surface area contributed by atoms with Gasteiger partial charge in [-0.2, -0.15) is 0 Å². The average molecular weight is 223 g/mol. The minimum Gasteiger partial charge on any atom is -0.478 e. The maximum absolute atomic E-state index is 5.31. The van der Waals surface area contributed by atoms with Crippen LogP contribution in [0.5, 0.6) is 5.88 Å². The van der Waals surface area contributed by atoms with Crippen LogP contribution in [-0.2, 0) is 4.74 Å². The Bertz CT molecular complexity index is 340. The summed E-state index contributed by atoms with van der Waals surface area (Å²) in [6, 6.07) is 2.28. The van der Waals surface area contributed by atoms with E-state index < -0.39 is 0 Å². The molecule has 2 rings (SSSR count). The summed E-state index contributed by atoms with van der Waals surface area (Å²) in [5.74, 6) is 1.43. The van der Waals surface area contributed by atoms with Crippen LogP contribution in [0.25, 0.3) is 0 Å². The van der Waals surface area contributed by atoms with Crippen molar-refractivity contribution >= 4 is 5.82 Å². The Labute approximate surface area is 95.2 Å². The molecule has 1 aromatic rings. The number of nitrogens with zero attached hydrogens (tertiary/aromatic N) is 2. The highest BCUT2D eigenvalue weighted by atomic mass is 16.5. The zero-order chi connectivity index (χ0) is 11.4. The summed E-state index contributed by atoms with van der Waals surface area (Å²) in [5.41, 5.74) is 0. The van der Waals surface area contributed by atoms with Gasteiger partial charge in [0, 0.05) is 19.2 Å². The Morgan fingerprint density at radius 2 is 2.25 bits per heavy atom. The number of rotatable bonds is 5. The third kappa shape index (κ3) is 2.61. The zero-order valence-corrected chi connectivity index (χ0v) is 9.64. The minimum atomic E-state index is 0.394. The third-order valence-corrected chi connectivity index (χ3v) is 2.71. The van der Waals surface area contributed by atoms with Crippen LogP contribution in [0, 0.1) is 0 Å². The van der Waals surface area contributed by atoms with Crippen molar-refractivity contribution in [1.29, 1.82) is 0 Å². The van der Waals surface area contributed by atoms with Gasteiger partial charge in [-0.15, -0.1) is 0 Å². The summed E-state index contributed by atoms with van der Waals surface area (Å²) < 4.78 is 10.5. The molecule has 5 heteroatoms. The first-order valence-electron chi connectivity index (χ1n) is 5.56. The predicted octanol–water partition coefficient (Wildman–Crippen LogP) is 1.46. The van der Waals surface area contributed by atoms with E-state index in [1.54, 1.807) is 7.11 Å². The van der Waals surface area contributed by atoms with Gasteiger partial charge in [0.05, 0.1) is 12.7 Å². The largest absolute Gasteiger partial charge is 0.478 e. The van der Waals surface area contributed by atoms with Crippen LogP contribution in [0.3, 0.4) is 0 Å². The lowest BCUT2D eigenvalue weighted by atomic mass is 9.89. The van der Waals surface area contributed by atoms with Gasteiger partial charge in [-0.1, -0.05) is 0 Å². The third-order valence-electron chi connectivity index (χ3n) is 2.71. The van der Waals surface area contributed by atoms with Crippen molar-refractivity contribution in [2.75, 3.05) is 19.0 Å². The number of aromatic nitrogens is 2. The van der Waals surface area contributed by atoms with Gasteiger partial charge in [0.25, 0.3) is 0 Å². The SMILES string of the molecule is CCOc1cc(NC2CC(OC)C2)ncn1. The van der Waals surface area contributed by atoms with Crippen LogP contribution >= 0.6 is 0 Å². The molecule has 0 atom stereocenters. The van der Waals surface area contributed by atoms with Crippen LogP contribution in [0.2, 0.25) is 0 Å². The number of hydrogen-bond acceptors (Lipinski definition) is 5. The summed E-state index contributed by atoms with van der Waals surface area (Å²) in [6.07, 6.45) is 3.97. The van der Waals surface area contributed by atoms with E-state index in [0.717, 1.165) is 18.7 Å². The first-order valence-corrected chi connectivity index (χ1v) is 5.56. The Balaban J connectivity index is 1.87. The Morgan fingerprint density at radius 3 is 2.94 bits per heavy atom. The van der Waals surface area contributed by atoms with E-state index in [1.807, 2.05) is 13.0 Å². The zero-order valence-electron chi connectivity index (χ0n) is 9.64. The topological polar surface area (TPSA) is 56.3 Å². The van der Waals surface area contributed by atoms with Crippen LogP contribution < -0.4 is 10.1 Å². The van der Waals surface area contributed by atoms with Crippen LogP contribution in [0.4, 0.5) is 5.82 Å². The van der Waals surface area contributed by atoms with Crippen molar-refractivity contribution in [2.45, 2.75) is 31.9 Å². The smallest absolute Gasteiger partial charge is 0.218 e. The van der Waals surface area contributed by atoms with Crippen LogP contribution in [0.1, 0.15) is 19.8 Å². The van der Waals surface area contributed by atoms with Gasteiger partial charge in [-0.05, 0) is 19.8 Å². The highest BCUT2D eigenvalue weighted by Crippen LogP contribution is 2.26. The summed E-state index contributed by atoms with van der Waals surface area (Å²) in [4.78, 5) is 8.16. The second-order valence-corrected chi connectivity index (χ2v) is 3.84. The summed E-state index contributed by atoms with van der Waals surface area (Å²) >= 11 is 0. The summed E-state index contributed by atoms with van der Waals surface area (Å²) in [7, 11) is 1.75. The molecule has 0 amide bonds. The molecule has 0 spiro atoms. The van der Waals surface area contributed by atoms with Crippen molar-refractivity contribution in [2.24, 2.45) is 0 Å². The molecule has 1 saturated carbocycles. The average Bonchev–Trinajstić information content (AvgIpc) is 2.24. The number of ether oxygens (including phenoxy) is 2. The number of anilines is 1. The predicted molar refractivity (Wildman–Crippen MR) is 60.6 cm³/mol. The molecule has 0 aliphatic heterocycles. The van der Waals surface area contributed by atoms with Crippen molar-refractivity contribution in [3.8, 4) is 5.88 Å². The molecular formula is C11H17N3O2. The molecule has 1 aromatic heterocycles. The monoisotopic (exact) mass is 223 g/mol. The molecule has 0 bridgehead atoms. The van der Waals surface area contributed by atoms with Gasteiger partial charge in [0.1, 0.15) is 12.1 Å². The maximum Gasteiger partial charge on any atom is 0.218 e. The van der Waals surface area contributed by atoms with Crippen molar-refractivity contribution in [3.05, 3.63) is 12.4 Å². The molecular weight excluding hydrogens is 206 g/mol. The molecule has 0 saturated heterocycles. The van der Waals surface area contributed by atoms with Crippen molar-refractivity contribution in [3.63, 3.8) is 0 Å². The van der Waals surface area contributed by atoms with E-state index in [1.165, 1.54) is 6.33 Å². The van der Waals surface area contributed by atoms with E-state index in [-0.39, 0.29) is 0 Å². The summed E-state index contributed by atoms with van der Waals surface area (Å²) in [5, 5.41) is 3.33. The molecule has 16 heavy (non-hydrogen) atoms. The molecule has 1 fully saturated rings. The summed E-state index contributed by atoms with van der Waals surface area (Å²) in [6.45, 7) is 2.55. The van der Waals surface area contributed by atoms with Gasteiger partial charge in [0.15, 0.2) is 0 Å². The maximum atomic E-state index is 5.31. The van der Waals surface area contributed by atoms with E-state index in [2.05, 4.69) is 15.3 Å². The number of hydrogen-bond donors (Lipinski definition) is 1. The lowest BCUT2D eigenvalue weighted by Gasteiger charge is -2.34. The van der Waals surface area contributed by atoms with E-state index >= 15 is 0 Å². The van der Waals surface area contributed by atoms with E-state index in [0.29, 0.717) is 24.6 Å². The fraction of sp³-hybridized carbons (Fsp3) is 0.636. The van der Waals surface area contributed by atoms with Gasteiger partial charge in [-0.25, -0.2) is 9.97 Å². The first-order chi connectivity index (χ1) is 7.81. The molecule has 0 radical (unpaired) electrons. The lowest BCUT2D eigenvalue weighted by Crippen LogP contribution is -2.40. The van der Waals surface area contributed by atoms with E-state index in [9.17, 15) is 0 Å². The molecule has 1 aliphatic rings. The van der Waals surface area contributed by atoms with E-state index in [4.69, 9.17) is 9.47 Å². The van der Waals surface area contributed by atoms with Crippen LogP contribution in [-0.4, -0.2) is 35.8 Å². The molecule has 1 N–H and O–H groups in total. The van der Waals surface area contributed by atoms with Gasteiger partial charge in [0.2, 0.25) is 5.88 Å². The van der Waals surface area contributed by atoms with Gasteiger partial charge >= 0.3 is 0 Å². The minimum absolute atomic E-state index is 0.394. The first kappa shape index (κ1) is 11.1. The second kappa shape index (κ2) is 5.12.